The molecular weight excluding hydrogens is 306 g/mol. The normalized spacial score (nSPS) is 9.91. The smallest absolute Gasteiger partial charge is 0.0467 e. The Labute approximate surface area is 152 Å². The molecule has 0 radical (unpaired) electrons. The molecule has 0 aromatic rings. The van der Waals surface area contributed by atoms with E-state index in [1.807, 2.05) is 69.9 Å². The van der Waals surface area contributed by atoms with Crippen LogP contribution in [-0.4, -0.2) is 42.3 Å². The first-order chi connectivity index (χ1) is 10.5. The Morgan fingerprint density at radius 3 is 1.09 bits per heavy atom. The molecule has 0 aliphatic rings. The van der Waals surface area contributed by atoms with Gasteiger partial charge in [-0.3, -0.25) is 0 Å². The van der Waals surface area contributed by atoms with Gasteiger partial charge in [0.2, 0.25) is 0 Å². The van der Waals surface area contributed by atoms with Crippen LogP contribution in [0.1, 0.15) is 27.7 Å². The zero-order valence-electron chi connectivity index (χ0n) is 16.4. The fourth-order valence-corrected chi connectivity index (χ4v) is 0.860. The second kappa shape index (κ2) is 49.9. The minimum Gasteiger partial charge on any atom is -0.668 e. The van der Waals surface area contributed by atoms with E-state index in [9.17, 15) is 0 Å². The first-order valence-corrected chi connectivity index (χ1v) is 8.02. The van der Waals surface area contributed by atoms with Gasteiger partial charge in [0.05, 0.1) is 0 Å². The molecule has 4 heteroatoms. The van der Waals surface area contributed by atoms with Crippen molar-refractivity contribution in [2.75, 3.05) is 42.3 Å². The molecule has 0 aromatic heterocycles. The van der Waals surface area contributed by atoms with Crippen LogP contribution in [-0.2, 0) is 20.4 Å². The Bertz CT molecular complexity index is 230. The van der Waals surface area contributed by atoms with Crippen molar-refractivity contribution < 1.29 is 20.4 Å². The van der Waals surface area contributed by atoms with Crippen molar-refractivity contribution in [1.29, 1.82) is 0 Å². The van der Waals surface area contributed by atoms with E-state index in [-0.39, 0.29) is 0 Å². The summed E-state index contributed by atoms with van der Waals surface area (Å²) in [7, 11) is 10.5. The second-order valence-electron chi connectivity index (χ2n) is 3.76. The fourth-order valence-electron chi connectivity index (χ4n) is 0.450. The largest absolute Gasteiger partial charge is 0.668 e. The molecule has 3 nitrogen and oxygen atoms in total. The Kier molecular flexibility index (Phi) is 75.3. The second-order valence-corrected chi connectivity index (χ2v) is 4.28. The molecule has 0 spiro atoms. The predicted molar refractivity (Wildman–Crippen MR) is 104 cm³/mol. The van der Waals surface area contributed by atoms with E-state index >= 15 is 0 Å². The Balaban J connectivity index is -0.0000000583. The molecule has 0 atom stereocenters. The summed E-state index contributed by atoms with van der Waals surface area (Å²) in [5, 5.41) is 10.5. The third-order valence-corrected chi connectivity index (χ3v) is 1.56. The quantitative estimate of drug-likeness (QED) is 0.435. The average molecular weight is 343 g/mol. The van der Waals surface area contributed by atoms with E-state index in [2.05, 4.69) is 35.0 Å². The fraction of sp³-hybridized carbons (Fsp3) is 0.556. The van der Waals surface area contributed by atoms with Gasteiger partial charge in [0, 0.05) is 0 Å². The van der Waals surface area contributed by atoms with Crippen molar-refractivity contribution in [2.45, 2.75) is 27.7 Å². The summed E-state index contributed by atoms with van der Waals surface area (Å²) < 4.78 is 2.04. The maximum absolute atomic E-state index is 3.50. The van der Waals surface area contributed by atoms with Crippen LogP contribution >= 0.6 is 0 Å². The minimum atomic E-state index is 1.32. The first kappa shape index (κ1) is 33.2. The summed E-state index contributed by atoms with van der Waals surface area (Å²) in [5.74, 6) is 0. The average Bonchev–Trinajstić information content (AvgIpc) is 2.48. The van der Waals surface area contributed by atoms with Crippen LogP contribution in [0.5, 0.6) is 0 Å². The van der Waals surface area contributed by atoms with E-state index in [0.29, 0.717) is 0 Å². The van der Waals surface area contributed by atoms with E-state index in [1.165, 1.54) is 5.57 Å². The van der Waals surface area contributed by atoms with Crippen LogP contribution in [0.4, 0.5) is 0 Å². The van der Waals surface area contributed by atoms with Crippen molar-refractivity contribution in [3.8, 4) is 0 Å². The van der Waals surface area contributed by atoms with Crippen LogP contribution in [0.2, 0.25) is 0 Å². The van der Waals surface area contributed by atoms with Crippen LogP contribution in [0.15, 0.2) is 46.4 Å². The maximum Gasteiger partial charge on any atom is -0.0467 e. The SMILES string of the molecule is CC=C(C)C=[CH][Ti+3].CC=CC=CC.C[N-]C.C[N-]C.C[N-]C. The predicted octanol–water partition coefficient (Wildman–Crippen LogP) is 6.01. The molecule has 0 unspecified atom stereocenters. The summed E-state index contributed by atoms with van der Waals surface area (Å²) in [6.45, 7) is 8.12. The van der Waals surface area contributed by atoms with E-state index in [1.54, 1.807) is 42.3 Å². The monoisotopic (exact) mass is 343 g/mol. The number of hydrogen-bond donors (Lipinski definition) is 0. The van der Waals surface area contributed by atoms with Crippen molar-refractivity contribution >= 4 is 0 Å². The van der Waals surface area contributed by atoms with Crippen molar-refractivity contribution in [3.63, 3.8) is 0 Å². The van der Waals surface area contributed by atoms with Gasteiger partial charge in [0.15, 0.2) is 0 Å². The van der Waals surface area contributed by atoms with Gasteiger partial charge in [-0.25, -0.2) is 0 Å². The third kappa shape index (κ3) is 118. The maximum atomic E-state index is 3.50. The summed E-state index contributed by atoms with van der Waals surface area (Å²) in [6, 6.07) is 0. The Hall–Kier alpha value is -0.446. The number of rotatable bonds is 2. The molecule has 0 bridgehead atoms. The van der Waals surface area contributed by atoms with Gasteiger partial charge in [-0.05, 0) is 13.8 Å². The van der Waals surface area contributed by atoms with Crippen LogP contribution < -0.4 is 0 Å². The molecule has 0 saturated heterocycles. The van der Waals surface area contributed by atoms with Crippen molar-refractivity contribution in [3.05, 3.63) is 62.4 Å². The molecular formula is C18H37N3Ti. The molecule has 0 aliphatic heterocycles. The topological polar surface area (TPSA) is 42.3 Å². The number of hydrogen-bond acceptors (Lipinski definition) is 0. The van der Waals surface area contributed by atoms with Gasteiger partial charge in [-0.2, -0.15) is 42.3 Å². The molecule has 0 heterocycles. The molecule has 0 N–H and O–H groups in total. The van der Waals surface area contributed by atoms with Crippen LogP contribution in [0, 0.1) is 0 Å². The number of nitrogens with zero attached hydrogens (tertiary/aromatic N) is 3. The molecule has 0 rings (SSSR count). The summed E-state index contributed by atoms with van der Waals surface area (Å²) in [6.07, 6.45) is 12.2. The third-order valence-electron chi connectivity index (χ3n) is 1.30. The Morgan fingerprint density at radius 1 is 0.727 bits per heavy atom. The summed E-state index contributed by atoms with van der Waals surface area (Å²) in [4.78, 5) is 0. The standard InChI is InChI=1S/C6H9.C6H10.3C2H6N.Ti/c1-4-6(3)5-2;1-3-5-6-4-2;3*1-3-2;/h1,4-5H,2-3H3;3-6H,1-2H3;3*1-2H3;/q;;3*-1;+3. The van der Waals surface area contributed by atoms with Gasteiger partial charge >= 0.3 is 56.4 Å². The first-order valence-electron chi connectivity index (χ1n) is 7.11. The van der Waals surface area contributed by atoms with Crippen molar-refractivity contribution in [1.82, 2.24) is 0 Å². The van der Waals surface area contributed by atoms with Crippen LogP contribution in [0.3, 0.4) is 0 Å². The van der Waals surface area contributed by atoms with Crippen molar-refractivity contribution in [2.24, 2.45) is 0 Å². The molecule has 128 valence electrons. The zero-order valence-corrected chi connectivity index (χ0v) is 17.9. The molecule has 0 saturated carbocycles. The van der Waals surface area contributed by atoms with Crippen LogP contribution in [0.25, 0.3) is 16.0 Å². The van der Waals surface area contributed by atoms with E-state index in [0.717, 1.165) is 0 Å². The van der Waals surface area contributed by atoms with Gasteiger partial charge < -0.3 is 16.0 Å². The van der Waals surface area contributed by atoms with Gasteiger partial charge in [0.25, 0.3) is 0 Å². The molecule has 0 fully saturated rings. The molecule has 22 heavy (non-hydrogen) atoms. The number of allylic oxidation sites excluding steroid dienone is 7. The minimum absolute atomic E-state index is 1.32. The Morgan fingerprint density at radius 2 is 1.00 bits per heavy atom. The van der Waals surface area contributed by atoms with Gasteiger partial charge in [-0.15, -0.1) is 0 Å². The molecule has 0 aromatic carbocycles. The zero-order chi connectivity index (χ0) is 18.6. The summed E-state index contributed by atoms with van der Waals surface area (Å²) >= 11 is 2.02. The van der Waals surface area contributed by atoms with E-state index in [4.69, 9.17) is 0 Å². The molecule has 0 aliphatic carbocycles. The summed E-state index contributed by atoms with van der Waals surface area (Å²) in [5.41, 5.74) is 1.32. The van der Waals surface area contributed by atoms with E-state index < -0.39 is 0 Å². The molecule has 0 amide bonds. The van der Waals surface area contributed by atoms with Gasteiger partial charge in [0.1, 0.15) is 0 Å². The van der Waals surface area contributed by atoms with Gasteiger partial charge in [-0.1, -0.05) is 24.3 Å².